The SMILES string of the molecule is N#Cc1cnc(N2CCC(C(F)(F)F)(C(F)(F)F)C2)c(F)c1. The quantitative estimate of drug-likeness (QED) is 0.742. The Bertz CT molecular complexity index is 601. The van der Waals surface area contributed by atoms with E-state index < -0.39 is 48.9 Å². The third-order valence-corrected chi connectivity index (χ3v) is 3.60. The van der Waals surface area contributed by atoms with Crippen molar-refractivity contribution < 1.29 is 30.7 Å². The van der Waals surface area contributed by atoms with Gasteiger partial charge in [0.05, 0.1) is 5.56 Å². The number of pyridine rings is 1. The Kier molecular flexibility index (Phi) is 3.71. The summed E-state index contributed by atoms with van der Waals surface area (Å²) in [6, 6.07) is 2.28. The summed E-state index contributed by atoms with van der Waals surface area (Å²) in [7, 11) is 0. The number of nitriles is 1. The first-order valence-electron chi connectivity index (χ1n) is 5.96. The highest BCUT2D eigenvalue weighted by molar-refractivity contribution is 5.45. The van der Waals surface area contributed by atoms with Crippen LogP contribution in [0.3, 0.4) is 0 Å². The molecule has 120 valence electrons. The molecule has 0 spiro atoms. The third-order valence-electron chi connectivity index (χ3n) is 3.60. The zero-order valence-corrected chi connectivity index (χ0v) is 10.8. The van der Waals surface area contributed by atoms with Crippen molar-refractivity contribution in [2.75, 3.05) is 18.0 Å². The molecule has 1 fully saturated rings. The molecular weight excluding hydrogens is 319 g/mol. The molecular formula is C12H8F7N3. The van der Waals surface area contributed by atoms with Crippen LogP contribution < -0.4 is 4.90 Å². The van der Waals surface area contributed by atoms with Crippen molar-refractivity contribution in [2.24, 2.45) is 5.41 Å². The number of rotatable bonds is 1. The van der Waals surface area contributed by atoms with Crippen LogP contribution in [0, 0.1) is 22.6 Å². The molecule has 0 aliphatic carbocycles. The fraction of sp³-hybridized carbons (Fsp3) is 0.500. The van der Waals surface area contributed by atoms with Crippen LogP contribution in [-0.2, 0) is 0 Å². The topological polar surface area (TPSA) is 39.9 Å². The zero-order valence-electron chi connectivity index (χ0n) is 10.8. The summed E-state index contributed by atoms with van der Waals surface area (Å²) in [5.41, 5.74) is -4.10. The Morgan fingerprint density at radius 3 is 2.18 bits per heavy atom. The molecule has 0 saturated carbocycles. The number of anilines is 1. The summed E-state index contributed by atoms with van der Waals surface area (Å²) in [4.78, 5) is 4.05. The molecule has 10 heteroatoms. The summed E-state index contributed by atoms with van der Waals surface area (Å²) in [5.74, 6) is -1.77. The van der Waals surface area contributed by atoms with Crippen LogP contribution in [-0.4, -0.2) is 30.4 Å². The van der Waals surface area contributed by atoms with Crippen molar-refractivity contribution in [3.05, 3.63) is 23.6 Å². The van der Waals surface area contributed by atoms with E-state index in [1.807, 2.05) is 0 Å². The first-order valence-corrected chi connectivity index (χ1v) is 5.96. The molecule has 0 amide bonds. The Labute approximate surface area is 120 Å². The standard InChI is InChI=1S/C12H8F7N3/c13-8-3-7(4-20)5-21-9(8)22-2-1-10(6-22,11(14,15)16)12(17,18)19/h3,5H,1-2,6H2. The minimum absolute atomic E-state index is 0.182. The van der Waals surface area contributed by atoms with E-state index in [0.29, 0.717) is 11.0 Å². The summed E-state index contributed by atoms with van der Waals surface area (Å²) < 4.78 is 91.2. The fourth-order valence-electron chi connectivity index (χ4n) is 2.34. The highest BCUT2D eigenvalue weighted by Gasteiger charge is 2.72. The molecule has 1 saturated heterocycles. The van der Waals surface area contributed by atoms with E-state index in [1.165, 1.54) is 0 Å². The highest BCUT2D eigenvalue weighted by atomic mass is 19.4. The van der Waals surface area contributed by atoms with Crippen molar-refractivity contribution in [2.45, 2.75) is 18.8 Å². The first-order chi connectivity index (χ1) is 10.0. The molecule has 1 aliphatic heterocycles. The van der Waals surface area contributed by atoms with E-state index >= 15 is 0 Å². The van der Waals surface area contributed by atoms with Crippen LogP contribution in [0.25, 0.3) is 0 Å². The molecule has 0 radical (unpaired) electrons. The monoisotopic (exact) mass is 327 g/mol. The summed E-state index contributed by atoms with van der Waals surface area (Å²) in [6.45, 7) is -2.11. The highest BCUT2D eigenvalue weighted by Crippen LogP contribution is 2.56. The first kappa shape index (κ1) is 16.3. The van der Waals surface area contributed by atoms with Gasteiger partial charge in [-0.05, 0) is 12.5 Å². The van der Waals surface area contributed by atoms with Gasteiger partial charge in [0.2, 0.25) is 0 Å². The molecule has 2 rings (SSSR count). The Hall–Kier alpha value is -2.05. The molecule has 1 aromatic rings. The lowest BCUT2D eigenvalue weighted by atomic mass is 9.85. The Balaban J connectivity index is 2.38. The van der Waals surface area contributed by atoms with Gasteiger partial charge in [0.15, 0.2) is 17.1 Å². The second-order valence-corrected chi connectivity index (χ2v) is 4.89. The van der Waals surface area contributed by atoms with Crippen molar-refractivity contribution in [1.29, 1.82) is 5.26 Å². The number of alkyl halides is 6. The molecule has 0 unspecified atom stereocenters. The lowest BCUT2D eigenvalue weighted by Gasteiger charge is -2.33. The number of halogens is 7. The van der Waals surface area contributed by atoms with Crippen LogP contribution in [0.2, 0.25) is 0 Å². The number of hydrogen-bond acceptors (Lipinski definition) is 3. The van der Waals surface area contributed by atoms with E-state index in [2.05, 4.69) is 4.98 Å². The van der Waals surface area contributed by atoms with Crippen molar-refractivity contribution in [3.63, 3.8) is 0 Å². The molecule has 1 aromatic heterocycles. The van der Waals surface area contributed by atoms with E-state index in [1.54, 1.807) is 6.07 Å². The largest absolute Gasteiger partial charge is 0.404 e. The maximum absolute atomic E-state index is 13.7. The van der Waals surface area contributed by atoms with E-state index in [9.17, 15) is 30.7 Å². The van der Waals surface area contributed by atoms with Crippen LogP contribution >= 0.6 is 0 Å². The summed E-state index contributed by atoms with van der Waals surface area (Å²) in [6.07, 6.45) is -11.4. The van der Waals surface area contributed by atoms with E-state index in [4.69, 9.17) is 5.26 Å². The molecule has 0 aromatic carbocycles. The van der Waals surface area contributed by atoms with Gasteiger partial charge in [-0.15, -0.1) is 0 Å². The minimum atomic E-state index is -5.51. The fourth-order valence-corrected chi connectivity index (χ4v) is 2.34. The minimum Gasteiger partial charge on any atom is -0.353 e. The second-order valence-electron chi connectivity index (χ2n) is 4.89. The Morgan fingerprint density at radius 1 is 1.18 bits per heavy atom. The van der Waals surface area contributed by atoms with Gasteiger partial charge in [-0.3, -0.25) is 0 Å². The predicted molar refractivity (Wildman–Crippen MR) is 60.3 cm³/mol. The van der Waals surface area contributed by atoms with Gasteiger partial charge < -0.3 is 4.90 Å². The average molecular weight is 327 g/mol. The smallest absolute Gasteiger partial charge is 0.353 e. The van der Waals surface area contributed by atoms with Crippen molar-refractivity contribution >= 4 is 5.82 Å². The lowest BCUT2D eigenvalue weighted by molar-refractivity contribution is -0.332. The van der Waals surface area contributed by atoms with Crippen molar-refractivity contribution in [3.8, 4) is 6.07 Å². The van der Waals surface area contributed by atoms with Gasteiger partial charge in [0.25, 0.3) is 0 Å². The van der Waals surface area contributed by atoms with Crippen LogP contribution in [0.15, 0.2) is 12.3 Å². The van der Waals surface area contributed by atoms with Crippen LogP contribution in [0.4, 0.5) is 36.6 Å². The number of hydrogen-bond donors (Lipinski definition) is 0. The summed E-state index contributed by atoms with van der Waals surface area (Å²) in [5, 5.41) is 8.55. The van der Waals surface area contributed by atoms with Crippen LogP contribution in [0.1, 0.15) is 12.0 Å². The van der Waals surface area contributed by atoms with Gasteiger partial charge in [-0.2, -0.15) is 31.6 Å². The van der Waals surface area contributed by atoms with E-state index in [-0.39, 0.29) is 5.56 Å². The zero-order chi connectivity index (χ0) is 16.8. The maximum Gasteiger partial charge on any atom is 0.404 e. The summed E-state index contributed by atoms with van der Waals surface area (Å²) >= 11 is 0. The molecule has 0 N–H and O–H groups in total. The number of nitrogens with zero attached hydrogens (tertiary/aromatic N) is 3. The van der Waals surface area contributed by atoms with Gasteiger partial charge in [0.1, 0.15) is 6.07 Å². The predicted octanol–water partition coefficient (Wildman–Crippen LogP) is 3.41. The molecule has 1 aliphatic rings. The Morgan fingerprint density at radius 2 is 1.77 bits per heavy atom. The molecule has 0 bridgehead atoms. The molecule has 2 heterocycles. The van der Waals surface area contributed by atoms with Gasteiger partial charge in [0, 0.05) is 19.3 Å². The van der Waals surface area contributed by atoms with Gasteiger partial charge in [-0.1, -0.05) is 0 Å². The molecule has 0 atom stereocenters. The average Bonchev–Trinajstić information content (AvgIpc) is 2.83. The maximum atomic E-state index is 13.7. The normalized spacial score (nSPS) is 18.4. The lowest BCUT2D eigenvalue weighted by Crippen LogP contribution is -2.51. The van der Waals surface area contributed by atoms with Gasteiger partial charge in [-0.25, -0.2) is 9.37 Å². The third kappa shape index (κ3) is 2.44. The second kappa shape index (κ2) is 5.00. The molecule has 22 heavy (non-hydrogen) atoms. The molecule has 3 nitrogen and oxygen atoms in total. The number of aromatic nitrogens is 1. The van der Waals surface area contributed by atoms with E-state index in [0.717, 1.165) is 6.20 Å². The van der Waals surface area contributed by atoms with Gasteiger partial charge >= 0.3 is 12.4 Å². The van der Waals surface area contributed by atoms with Crippen molar-refractivity contribution in [1.82, 2.24) is 4.98 Å². The van der Waals surface area contributed by atoms with Crippen LogP contribution in [0.5, 0.6) is 0 Å².